The van der Waals surface area contributed by atoms with E-state index in [4.69, 9.17) is 23.7 Å². The maximum Gasteiger partial charge on any atom is 0.338 e. The second kappa shape index (κ2) is 7.46. The van der Waals surface area contributed by atoms with Crippen molar-refractivity contribution in [3.63, 3.8) is 0 Å². The maximum absolute atomic E-state index is 12.6. The zero-order valence-electron chi connectivity index (χ0n) is 17.2. The molecule has 2 saturated heterocycles. The maximum atomic E-state index is 12.6. The van der Waals surface area contributed by atoms with Crippen LogP contribution in [0.4, 0.5) is 0 Å². The molecule has 1 aliphatic carbocycles. The van der Waals surface area contributed by atoms with Crippen molar-refractivity contribution in [2.45, 2.75) is 69.3 Å². The lowest BCUT2D eigenvalue weighted by Crippen LogP contribution is -2.62. The Labute approximate surface area is 176 Å². The first-order chi connectivity index (χ1) is 14.5. The van der Waals surface area contributed by atoms with Crippen LogP contribution < -0.4 is 0 Å². The van der Waals surface area contributed by atoms with Gasteiger partial charge in [-0.15, -0.1) is 0 Å². The summed E-state index contributed by atoms with van der Waals surface area (Å²) in [6.07, 6.45) is -0.286. The first-order valence-corrected chi connectivity index (χ1v) is 10.4. The highest BCUT2D eigenvalue weighted by Crippen LogP contribution is 2.53. The minimum Gasteiger partial charge on any atom is -0.456 e. The zero-order valence-corrected chi connectivity index (χ0v) is 17.2. The summed E-state index contributed by atoms with van der Waals surface area (Å²) in [5.74, 6) is -1.10. The molecule has 6 nitrogen and oxygen atoms in total. The van der Waals surface area contributed by atoms with Crippen LogP contribution in [0.25, 0.3) is 0 Å². The Hall–Kier alpha value is -2.25. The molecule has 0 radical (unpaired) electrons. The molecule has 158 valence electrons. The third-order valence-electron chi connectivity index (χ3n) is 6.08. The molecule has 3 aliphatic rings. The standard InChI is InChI=1S/C24H26O6/c1-23(2)28-19-20(26-15-16-9-5-3-6-10-16)24(30-22(19)29-23)14-13-18(24)27-21(25)17-11-7-4-8-12-17/h3-12,18-20,22H,13-15H2,1-2H3/t18-,19+,20?,22?,24-/m1/s1. The van der Waals surface area contributed by atoms with Gasteiger partial charge in [-0.2, -0.15) is 0 Å². The van der Waals surface area contributed by atoms with Crippen molar-refractivity contribution >= 4 is 5.97 Å². The number of benzene rings is 2. The molecule has 2 aromatic rings. The number of carbonyl (C=O) groups is 1. The molecule has 0 N–H and O–H groups in total. The van der Waals surface area contributed by atoms with Gasteiger partial charge in [0.25, 0.3) is 0 Å². The van der Waals surface area contributed by atoms with E-state index in [1.165, 1.54) is 0 Å². The van der Waals surface area contributed by atoms with Gasteiger partial charge in [-0.3, -0.25) is 0 Å². The Morgan fingerprint density at radius 2 is 1.70 bits per heavy atom. The van der Waals surface area contributed by atoms with E-state index < -0.39 is 29.9 Å². The summed E-state index contributed by atoms with van der Waals surface area (Å²) in [5, 5.41) is 0. The third kappa shape index (κ3) is 3.44. The van der Waals surface area contributed by atoms with Crippen LogP contribution in [0.3, 0.4) is 0 Å². The SMILES string of the molecule is CC1(C)OC2O[C@@]3(CC[C@H]3OC(=O)c3ccccc3)C(OCc3ccccc3)[C@@H]2O1. The molecule has 1 spiro atoms. The lowest BCUT2D eigenvalue weighted by Gasteiger charge is -2.48. The van der Waals surface area contributed by atoms with Crippen molar-refractivity contribution in [2.75, 3.05) is 0 Å². The number of hydrogen-bond donors (Lipinski definition) is 0. The molecule has 2 heterocycles. The van der Waals surface area contributed by atoms with E-state index in [9.17, 15) is 4.79 Å². The van der Waals surface area contributed by atoms with Gasteiger partial charge >= 0.3 is 5.97 Å². The monoisotopic (exact) mass is 410 g/mol. The Morgan fingerprint density at radius 1 is 1.00 bits per heavy atom. The Bertz CT molecular complexity index is 898. The van der Waals surface area contributed by atoms with Crippen molar-refractivity contribution in [3.8, 4) is 0 Å². The van der Waals surface area contributed by atoms with Gasteiger partial charge in [0.2, 0.25) is 0 Å². The third-order valence-corrected chi connectivity index (χ3v) is 6.08. The Kier molecular flexibility index (Phi) is 4.90. The molecule has 1 saturated carbocycles. The topological polar surface area (TPSA) is 63.2 Å². The van der Waals surface area contributed by atoms with Gasteiger partial charge in [0.05, 0.1) is 12.2 Å². The molecule has 2 aromatic carbocycles. The number of hydrogen-bond acceptors (Lipinski definition) is 6. The summed E-state index contributed by atoms with van der Waals surface area (Å²) in [6, 6.07) is 19.0. The summed E-state index contributed by atoms with van der Waals surface area (Å²) in [7, 11) is 0. The van der Waals surface area contributed by atoms with E-state index in [0.717, 1.165) is 12.0 Å². The fraction of sp³-hybridized carbons (Fsp3) is 0.458. The number of carbonyl (C=O) groups excluding carboxylic acids is 1. The van der Waals surface area contributed by atoms with Crippen LogP contribution in [0, 0.1) is 0 Å². The molecule has 5 atom stereocenters. The van der Waals surface area contributed by atoms with Gasteiger partial charge in [-0.05, 0) is 44.4 Å². The van der Waals surface area contributed by atoms with E-state index >= 15 is 0 Å². The molecule has 30 heavy (non-hydrogen) atoms. The first-order valence-electron chi connectivity index (χ1n) is 10.4. The van der Waals surface area contributed by atoms with Crippen LogP contribution in [0.15, 0.2) is 60.7 Å². The van der Waals surface area contributed by atoms with E-state index in [1.807, 2.05) is 62.4 Å². The largest absolute Gasteiger partial charge is 0.456 e. The van der Waals surface area contributed by atoms with Gasteiger partial charge in [0, 0.05) is 0 Å². The average Bonchev–Trinajstić information content (AvgIpc) is 3.21. The summed E-state index contributed by atoms with van der Waals surface area (Å²) in [4.78, 5) is 12.6. The summed E-state index contributed by atoms with van der Waals surface area (Å²) < 4.78 is 30.6. The van der Waals surface area contributed by atoms with Gasteiger partial charge < -0.3 is 23.7 Å². The van der Waals surface area contributed by atoms with Crippen LogP contribution in [-0.4, -0.2) is 42.0 Å². The van der Waals surface area contributed by atoms with Crippen molar-refractivity contribution in [1.29, 1.82) is 0 Å². The number of rotatable bonds is 5. The second-order valence-corrected chi connectivity index (χ2v) is 8.56. The van der Waals surface area contributed by atoms with Crippen molar-refractivity contribution in [1.82, 2.24) is 0 Å². The molecule has 2 unspecified atom stereocenters. The molecular formula is C24H26O6. The second-order valence-electron chi connectivity index (χ2n) is 8.56. The minimum absolute atomic E-state index is 0.357. The molecule has 2 aliphatic heterocycles. The lowest BCUT2D eigenvalue weighted by atomic mass is 9.72. The normalized spacial score (nSPS) is 33.8. The smallest absolute Gasteiger partial charge is 0.338 e. The number of fused-ring (bicyclic) bond motifs is 1. The molecule has 5 rings (SSSR count). The van der Waals surface area contributed by atoms with Crippen LogP contribution in [0.2, 0.25) is 0 Å². The molecule has 0 bridgehead atoms. The highest BCUT2D eigenvalue weighted by atomic mass is 16.8. The van der Waals surface area contributed by atoms with E-state index in [2.05, 4.69) is 0 Å². The highest BCUT2D eigenvalue weighted by molar-refractivity contribution is 5.89. The first kappa shape index (κ1) is 19.7. The fourth-order valence-electron chi connectivity index (χ4n) is 4.55. The van der Waals surface area contributed by atoms with Gasteiger partial charge in [0.1, 0.15) is 23.9 Å². The summed E-state index contributed by atoms with van der Waals surface area (Å²) in [5.41, 5.74) is 0.824. The van der Waals surface area contributed by atoms with Gasteiger partial charge in [0.15, 0.2) is 12.1 Å². The van der Waals surface area contributed by atoms with Crippen LogP contribution >= 0.6 is 0 Å². The molecule has 0 aromatic heterocycles. The summed E-state index contributed by atoms with van der Waals surface area (Å²) >= 11 is 0. The Balaban J connectivity index is 1.36. The van der Waals surface area contributed by atoms with Crippen LogP contribution in [0.5, 0.6) is 0 Å². The van der Waals surface area contributed by atoms with Crippen molar-refractivity contribution < 1.29 is 28.5 Å². The highest BCUT2D eigenvalue weighted by Gasteiger charge is 2.69. The fourth-order valence-corrected chi connectivity index (χ4v) is 4.55. The predicted octanol–water partition coefficient (Wildman–Crippen LogP) is 3.84. The predicted molar refractivity (Wildman–Crippen MR) is 108 cm³/mol. The zero-order chi connectivity index (χ0) is 20.8. The van der Waals surface area contributed by atoms with E-state index in [0.29, 0.717) is 18.6 Å². The summed E-state index contributed by atoms with van der Waals surface area (Å²) in [6.45, 7) is 4.15. The van der Waals surface area contributed by atoms with Crippen LogP contribution in [-0.2, 0) is 30.3 Å². The van der Waals surface area contributed by atoms with Gasteiger partial charge in [-0.25, -0.2) is 4.79 Å². The lowest BCUT2D eigenvalue weighted by molar-refractivity contribution is -0.287. The van der Waals surface area contributed by atoms with E-state index in [-0.39, 0.29) is 12.1 Å². The number of ether oxygens (including phenoxy) is 5. The number of esters is 1. The molecule has 6 heteroatoms. The van der Waals surface area contributed by atoms with Crippen LogP contribution in [0.1, 0.15) is 42.6 Å². The van der Waals surface area contributed by atoms with E-state index in [1.54, 1.807) is 12.1 Å². The molecule has 3 fully saturated rings. The molecule has 0 amide bonds. The van der Waals surface area contributed by atoms with Crippen molar-refractivity contribution in [3.05, 3.63) is 71.8 Å². The minimum atomic E-state index is -0.759. The average molecular weight is 410 g/mol. The van der Waals surface area contributed by atoms with Gasteiger partial charge in [-0.1, -0.05) is 48.5 Å². The molecular weight excluding hydrogens is 384 g/mol. The Morgan fingerprint density at radius 3 is 2.37 bits per heavy atom. The van der Waals surface area contributed by atoms with Crippen molar-refractivity contribution in [2.24, 2.45) is 0 Å². The quantitative estimate of drug-likeness (QED) is 0.698.